The topological polar surface area (TPSA) is 20.2 Å². The van der Waals surface area contributed by atoms with Crippen LogP contribution in [0.2, 0.25) is 0 Å². The number of hydrogen-bond donors (Lipinski definition) is 1. The molecular weight excluding hydrogens is 236 g/mol. The number of halogens is 1. The van der Waals surface area contributed by atoms with Gasteiger partial charge in [0.15, 0.2) is 0 Å². The molecule has 0 fully saturated rings. The number of aliphatic hydroxyl groups is 1. The van der Waals surface area contributed by atoms with Crippen LogP contribution in [0, 0.1) is 5.92 Å². The largest absolute Gasteiger partial charge is 0.392 e. The maximum absolute atomic E-state index is 9.61. The van der Waals surface area contributed by atoms with Crippen molar-refractivity contribution in [1.29, 1.82) is 0 Å². The minimum absolute atomic E-state index is 0.222. The van der Waals surface area contributed by atoms with E-state index >= 15 is 0 Å². The van der Waals surface area contributed by atoms with Crippen LogP contribution < -0.4 is 0 Å². The Morgan fingerprint density at radius 3 is 2.67 bits per heavy atom. The molecule has 3 heteroatoms. The predicted molar refractivity (Wildman–Crippen MR) is 56.6 cm³/mol. The molecule has 0 aliphatic rings. The molecule has 1 aromatic heterocycles. The molecule has 1 aromatic rings. The van der Waals surface area contributed by atoms with E-state index in [1.165, 1.54) is 4.88 Å². The Hall–Kier alpha value is 0.140. The zero-order valence-corrected chi connectivity index (χ0v) is 9.65. The lowest BCUT2D eigenvalue weighted by Gasteiger charge is -2.12. The monoisotopic (exact) mass is 248 g/mol. The molecule has 1 atom stereocenters. The minimum atomic E-state index is -0.222. The molecule has 68 valence electrons. The molecule has 0 spiro atoms. The average Bonchev–Trinajstić information content (AvgIpc) is 2.36. The molecule has 1 nitrogen and oxygen atoms in total. The summed E-state index contributed by atoms with van der Waals surface area (Å²) in [5.41, 5.74) is 0. The number of aliphatic hydroxyl groups excluding tert-OH is 1. The highest BCUT2D eigenvalue weighted by Gasteiger charge is 2.12. The Labute approximate surface area is 85.6 Å². The summed E-state index contributed by atoms with van der Waals surface area (Å²) < 4.78 is 1.12. The lowest BCUT2D eigenvalue weighted by molar-refractivity contribution is 0.126. The molecule has 0 aliphatic carbocycles. The average molecular weight is 249 g/mol. The quantitative estimate of drug-likeness (QED) is 0.872. The van der Waals surface area contributed by atoms with Crippen molar-refractivity contribution in [2.75, 3.05) is 0 Å². The SMILES string of the molecule is CC(C)C(O)Cc1sccc1Br. The Morgan fingerprint density at radius 2 is 2.25 bits per heavy atom. The van der Waals surface area contributed by atoms with Crippen LogP contribution in [-0.4, -0.2) is 11.2 Å². The van der Waals surface area contributed by atoms with Gasteiger partial charge in [-0.3, -0.25) is 0 Å². The first kappa shape index (κ1) is 10.2. The fourth-order valence-corrected chi connectivity index (χ4v) is 2.46. The van der Waals surface area contributed by atoms with Gasteiger partial charge in [-0.15, -0.1) is 11.3 Å². The Bertz CT molecular complexity index is 244. The van der Waals surface area contributed by atoms with Crippen molar-refractivity contribution in [3.05, 3.63) is 20.8 Å². The van der Waals surface area contributed by atoms with Crippen molar-refractivity contribution in [3.8, 4) is 0 Å². The van der Waals surface area contributed by atoms with Crippen LogP contribution in [0.5, 0.6) is 0 Å². The highest BCUT2D eigenvalue weighted by molar-refractivity contribution is 9.10. The zero-order chi connectivity index (χ0) is 9.14. The summed E-state index contributed by atoms with van der Waals surface area (Å²) in [6.07, 6.45) is 0.538. The standard InChI is InChI=1S/C9H13BrOS/c1-6(2)8(11)5-9-7(10)3-4-12-9/h3-4,6,8,11H,5H2,1-2H3. The van der Waals surface area contributed by atoms with Gasteiger partial charge >= 0.3 is 0 Å². The van der Waals surface area contributed by atoms with E-state index in [0.29, 0.717) is 5.92 Å². The van der Waals surface area contributed by atoms with Crippen LogP contribution in [0.25, 0.3) is 0 Å². The first-order valence-corrected chi connectivity index (χ1v) is 5.68. The van der Waals surface area contributed by atoms with E-state index in [-0.39, 0.29) is 6.10 Å². The summed E-state index contributed by atoms with van der Waals surface area (Å²) in [7, 11) is 0. The third-order valence-electron chi connectivity index (χ3n) is 1.86. The number of hydrogen-bond acceptors (Lipinski definition) is 2. The van der Waals surface area contributed by atoms with E-state index in [9.17, 15) is 5.11 Å². The normalized spacial score (nSPS) is 13.8. The van der Waals surface area contributed by atoms with Gasteiger partial charge in [0.05, 0.1) is 6.10 Å². The van der Waals surface area contributed by atoms with Gasteiger partial charge in [0, 0.05) is 15.8 Å². The van der Waals surface area contributed by atoms with Crippen LogP contribution in [0.15, 0.2) is 15.9 Å². The zero-order valence-electron chi connectivity index (χ0n) is 7.25. The van der Waals surface area contributed by atoms with Gasteiger partial charge in [0.25, 0.3) is 0 Å². The fourth-order valence-electron chi connectivity index (χ4n) is 0.896. The Morgan fingerprint density at radius 1 is 1.58 bits per heavy atom. The lowest BCUT2D eigenvalue weighted by atomic mass is 10.0. The van der Waals surface area contributed by atoms with Crippen LogP contribution in [-0.2, 0) is 6.42 Å². The molecule has 1 heterocycles. The van der Waals surface area contributed by atoms with Crippen LogP contribution in [0.4, 0.5) is 0 Å². The molecule has 0 radical (unpaired) electrons. The van der Waals surface area contributed by atoms with Crippen LogP contribution in [0.1, 0.15) is 18.7 Å². The Balaban J connectivity index is 2.58. The van der Waals surface area contributed by atoms with Crippen molar-refractivity contribution in [3.63, 3.8) is 0 Å². The van der Waals surface area contributed by atoms with E-state index in [1.807, 2.05) is 25.3 Å². The molecule has 0 saturated carbocycles. The molecule has 1 unspecified atom stereocenters. The summed E-state index contributed by atoms with van der Waals surface area (Å²) >= 11 is 5.13. The molecule has 0 saturated heterocycles. The van der Waals surface area contributed by atoms with Gasteiger partial charge < -0.3 is 5.11 Å². The van der Waals surface area contributed by atoms with Gasteiger partial charge in [-0.05, 0) is 33.3 Å². The molecule has 1 N–H and O–H groups in total. The molecular formula is C9H13BrOS. The minimum Gasteiger partial charge on any atom is -0.392 e. The maximum atomic E-state index is 9.61. The van der Waals surface area contributed by atoms with Crippen LogP contribution >= 0.6 is 27.3 Å². The summed E-state index contributed by atoms with van der Waals surface area (Å²) in [6, 6.07) is 2.02. The second-order valence-corrected chi connectivity index (χ2v) is 5.06. The second-order valence-electron chi connectivity index (χ2n) is 3.21. The molecule has 0 aliphatic heterocycles. The maximum Gasteiger partial charge on any atom is 0.0611 e. The predicted octanol–water partition coefficient (Wildman–Crippen LogP) is 3.07. The third kappa shape index (κ3) is 2.57. The van der Waals surface area contributed by atoms with Gasteiger partial charge in [-0.2, -0.15) is 0 Å². The highest BCUT2D eigenvalue weighted by atomic mass is 79.9. The third-order valence-corrected chi connectivity index (χ3v) is 3.80. The number of rotatable bonds is 3. The van der Waals surface area contributed by atoms with E-state index in [4.69, 9.17) is 0 Å². The van der Waals surface area contributed by atoms with Crippen LogP contribution in [0.3, 0.4) is 0 Å². The van der Waals surface area contributed by atoms with Crippen molar-refractivity contribution < 1.29 is 5.11 Å². The number of thiophene rings is 1. The highest BCUT2D eigenvalue weighted by Crippen LogP contribution is 2.25. The summed E-state index contributed by atoms with van der Waals surface area (Å²) in [5.74, 6) is 0.332. The van der Waals surface area contributed by atoms with Gasteiger partial charge in [-0.1, -0.05) is 13.8 Å². The van der Waals surface area contributed by atoms with E-state index in [0.717, 1.165) is 10.9 Å². The summed E-state index contributed by atoms with van der Waals surface area (Å²) in [5, 5.41) is 11.6. The fraction of sp³-hybridized carbons (Fsp3) is 0.556. The summed E-state index contributed by atoms with van der Waals surface area (Å²) in [4.78, 5) is 1.23. The molecule has 0 bridgehead atoms. The van der Waals surface area contributed by atoms with Crippen molar-refractivity contribution in [2.24, 2.45) is 5.92 Å². The second kappa shape index (κ2) is 4.40. The molecule has 0 aromatic carbocycles. The van der Waals surface area contributed by atoms with Gasteiger partial charge in [0.2, 0.25) is 0 Å². The van der Waals surface area contributed by atoms with E-state index in [1.54, 1.807) is 11.3 Å². The molecule has 1 rings (SSSR count). The first-order valence-electron chi connectivity index (χ1n) is 4.01. The summed E-state index contributed by atoms with van der Waals surface area (Å²) in [6.45, 7) is 4.07. The van der Waals surface area contributed by atoms with E-state index < -0.39 is 0 Å². The van der Waals surface area contributed by atoms with Gasteiger partial charge in [-0.25, -0.2) is 0 Å². The molecule has 0 amide bonds. The lowest BCUT2D eigenvalue weighted by Crippen LogP contribution is -2.16. The van der Waals surface area contributed by atoms with Crippen molar-refractivity contribution >= 4 is 27.3 Å². The first-order chi connectivity index (χ1) is 5.61. The van der Waals surface area contributed by atoms with Crippen molar-refractivity contribution in [1.82, 2.24) is 0 Å². The van der Waals surface area contributed by atoms with Gasteiger partial charge in [0.1, 0.15) is 0 Å². The van der Waals surface area contributed by atoms with E-state index in [2.05, 4.69) is 15.9 Å². The Kier molecular flexibility index (Phi) is 3.75. The smallest absolute Gasteiger partial charge is 0.0611 e. The molecule has 12 heavy (non-hydrogen) atoms. The van der Waals surface area contributed by atoms with Crippen molar-refractivity contribution in [2.45, 2.75) is 26.4 Å².